The molecule has 5 aliphatic rings. The van der Waals surface area contributed by atoms with Crippen LogP contribution in [0.1, 0.15) is 61.7 Å². The van der Waals surface area contributed by atoms with Gasteiger partial charge in [-0.2, -0.15) is 0 Å². The fourth-order valence-electron chi connectivity index (χ4n) is 7.10. The summed E-state index contributed by atoms with van der Waals surface area (Å²) in [5.74, 6) is 1.36. The van der Waals surface area contributed by atoms with Gasteiger partial charge in [0.1, 0.15) is 0 Å². The lowest BCUT2D eigenvalue weighted by Gasteiger charge is -2.55. The molecule has 0 aromatic heterocycles. The van der Waals surface area contributed by atoms with Crippen LogP contribution >= 0.6 is 0 Å². The zero-order chi connectivity index (χ0) is 23.4. The first-order valence-corrected chi connectivity index (χ1v) is 13.6. The lowest BCUT2D eigenvalue weighted by molar-refractivity contribution is -0.147. The van der Waals surface area contributed by atoms with Crippen molar-refractivity contribution in [2.75, 3.05) is 38.7 Å². The van der Waals surface area contributed by atoms with Gasteiger partial charge in [-0.1, -0.05) is 0 Å². The molecular formula is C25H34N2O5S. The smallest absolute Gasteiger partial charge is 0.340 e. The third-order valence-electron chi connectivity index (χ3n) is 8.38. The Kier molecular flexibility index (Phi) is 5.80. The minimum Gasteiger partial charge on any atom is -0.454 e. The van der Waals surface area contributed by atoms with Crippen LogP contribution in [-0.2, 0) is 19.6 Å². The van der Waals surface area contributed by atoms with E-state index in [0.29, 0.717) is 23.4 Å². The Balaban J connectivity index is 1.36. The standard InChI is InChI=1S/C25H34N2O5S/c1-26(2)33(30,31)20-5-6-22(27-7-3-4-8-27)21(12-20)24(29)32-16-23(28)25-13-17-9-18(14-25)11-19(10-17)15-25/h5-6,12,17-19H,3-4,7-11,13-16H2,1-2H3. The molecule has 1 aromatic carbocycles. The van der Waals surface area contributed by atoms with Crippen molar-refractivity contribution in [3.05, 3.63) is 23.8 Å². The zero-order valence-corrected chi connectivity index (χ0v) is 20.4. The Morgan fingerprint density at radius 3 is 2.15 bits per heavy atom. The van der Waals surface area contributed by atoms with Crippen molar-refractivity contribution in [1.82, 2.24) is 4.31 Å². The summed E-state index contributed by atoms with van der Waals surface area (Å²) in [5.41, 5.74) is 0.582. The maximum absolute atomic E-state index is 13.3. The molecule has 0 spiro atoms. The summed E-state index contributed by atoms with van der Waals surface area (Å²) in [6, 6.07) is 4.64. The van der Waals surface area contributed by atoms with E-state index in [1.54, 1.807) is 12.1 Å². The van der Waals surface area contributed by atoms with Crippen LogP contribution in [0.5, 0.6) is 0 Å². The molecule has 180 valence electrons. The molecule has 0 radical (unpaired) electrons. The van der Waals surface area contributed by atoms with Gasteiger partial charge >= 0.3 is 5.97 Å². The highest BCUT2D eigenvalue weighted by atomic mass is 32.2. The Morgan fingerprint density at radius 2 is 1.61 bits per heavy atom. The minimum atomic E-state index is -3.70. The number of carbonyl (C=O) groups is 2. The molecule has 1 aromatic rings. The van der Waals surface area contributed by atoms with Gasteiger partial charge in [-0.25, -0.2) is 17.5 Å². The number of benzene rings is 1. The van der Waals surface area contributed by atoms with Gasteiger partial charge in [-0.3, -0.25) is 4.79 Å². The number of Topliss-reactive ketones (excluding diaryl/α,β-unsaturated/α-hetero) is 1. The van der Waals surface area contributed by atoms with E-state index in [4.69, 9.17) is 4.74 Å². The van der Waals surface area contributed by atoms with E-state index in [1.165, 1.54) is 39.4 Å². The van der Waals surface area contributed by atoms with Crippen molar-refractivity contribution in [3.63, 3.8) is 0 Å². The molecule has 0 amide bonds. The summed E-state index contributed by atoms with van der Waals surface area (Å²) in [6.07, 6.45) is 8.60. The van der Waals surface area contributed by atoms with Crippen LogP contribution in [0.2, 0.25) is 0 Å². The Bertz CT molecular complexity index is 1020. The second-order valence-corrected chi connectivity index (χ2v) is 13.0. The van der Waals surface area contributed by atoms with E-state index >= 15 is 0 Å². The van der Waals surface area contributed by atoms with E-state index in [0.717, 1.165) is 49.5 Å². The van der Waals surface area contributed by atoms with Crippen molar-refractivity contribution in [2.45, 2.75) is 56.3 Å². The van der Waals surface area contributed by atoms with E-state index in [-0.39, 0.29) is 28.3 Å². The minimum absolute atomic E-state index is 0.0507. The van der Waals surface area contributed by atoms with Crippen LogP contribution in [0.3, 0.4) is 0 Å². The highest BCUT2D eigenvalue weighted by Crippen LogP contribution is 2.60. The Labute approximate surface area is 196 Å². The van der Waals surface area contributed by atoms with Gasteiger partial charge in [0.2, 0.25) is 10.0 Å². The molecule has 0 unspecified atom stereocenters. The summed E-state index contributed by atoms with van der Waals surface area (Å²) in [6.45, 7) is 1.40. The number of carbonyl (C=O) groups excluding carboxylic acids is 2. The van der Waals surface area contributed by atoms with Crippen LogP contribution < -0.4 is 4.90 Å². The summed E-state index contributed by atoms with van der Waals surface area (Å²) in [5, 5.41) is 0. The van der Waals surface area contributed by atoms with Gasteiger partial charge < -0.3 is 9.64 Å². The average Bonchev–Trinajstić information content (AvgIpc) is 3.30. The van der Waals surface area contributed by atoms with Crippen LogP contribution in [-0.4, -0.2) is 58.3 Å². The van der Waals surface area contributed by atoms with Gasteiger partial charge in [0.25, 0.3) is 0 Å². The number of ether oxygens (including phenoxy) is 1. The van der Waals surface area contributed by atoms with E-state index in [9.17, 15) is 18.0 Å². The first kappa shape index (κ1) is 22.8. The van der Waals surface area contributed by atoms with Crippen LogP contribution in [0.15, 0.2) is 23.1 Å². The monoisotopic (exact) mass is 474 g/mol. The molecule has 8 heteroatoms. The highest BCUT2D eigenvalue weighted by molar-refractivity contribution is 7.89. The number of rotatable bonds is 7. The number of ketones is 1. The number of esters is 1. The lowest BCUT2D eigenvalue weighted by Crippen LogP contribution is -2.51. The quantitative estimate of drug-likeness (QED) is 0.563. The first-order valence-electron chi connectivity index (χ1n) is 12.2. The summed E-state index contributed by atoms with van der Waals surface area (Å²) in [7, 11) is -0.767. The highest BCUT2D eigenvalue weighted by Gasteiger charge is 2.54. The molecule has 0 atom stereocenters. The van der Waals surface area contributed by atoms with E-state index < -0.39 is 16.0 Å². The third kappa shape index (κ3) is 4.09. The largest absolute Gasteiger partial charge is 0.454 e. The number of hydrogen-bond acceptors (Lipinski definition) is 6. The summed E-state index contributed by atoms with van der Waals surface area (Å²) in [4.78, 5) is 28.6. The fourth-order valence-corrected chi connectivity index (χ4v) is 8.03. The lowest BCUT2D eigenvalue weighted by atomic mass is 9.48. The molecule has 4 bridgehead atoms. The maximum atomic E-state index is 13.3. The molecule has 0 N–H and O–H groups in total. The van der Waals surface area contributed by atoms with Crippen LogP contribution in [0.25, 0.3) is 0 Å². The van der Waals surface area contributed by atoms with Crippen LogP contribution in [0, 0.1) is 23.2 Å². The number of sulfonamides is 1. The second kappa shape index (κ2) is 8.38. The Hall–Kier alpha value is -1.93. The van der Waals surface area contributed by atoms with Crippen molar-refractivity contribution in [2.24, 2.45) is 23.2 Å². The molecule has 1 saturated heterocycles. The van der Waals surface area contributed by atoms with Crippen molar-refractivity contribution >= 4 is 27.5 Å². The summed E-state index contributed by atoms with van der Waals surface area (Å²) >= 11 is 0. The number of hydrogen-bond donors (Lipinski definition) is 0. The summed E-state index contributed by atoms with van der Waals surface area (Å²) < 4.78 is 32.1. The van der Waals surface area contributed by atoms with Gasteiger partial charge in [0, 0.05) is 32.6 Å². The first-order chi connectivity index (χ1) is 15.7. The van der Waals surface area contributed by atoms with Crippen molar-refractivity contribution in [3.8, 4) is 0 Å². The molecule has 5 fully saturated rings. The predicted molar refractivity (Wildman–Crippen MR) is 125 cm³/mol. The molecule has 1 heterocycles. The van der Waals surface area contributed by atoms with Gasteiger partial charge in [0.15, 0.2) is 12.4 Å². The fraction of sp³-hybridized carbons (Fsp3) is 0.680. The maximum Gasteiger partial charge on any atom is 0.340 e. The number of anilines is 1. The second-order valence-electron chi connectivity index (χ2n) is 10.9. The SMILES string of the molecule is CN(C)S(=O)(=O)c1ccc(N2CCCC2)c(C(=O)OCC(=O)C23CC4CC(CC(C4)C2)C3)c1. The molecule has 4 saturated carbocycles. The molecule has 33 heavy (non-hydrogen) atoms. The van der Waals surface area contributed by atoms with Gasteiger partial charge in [-0.15, -0.1) is 0 Å². The topological polar surface area (TPSA) is 84.0 Å². The van der Waals surface area contributed by atoms with Crippen molar-refractivity contribution < 1.29 is 22.7 Å². The molecular weight excluding hydrogens is 440 g/mol. The van der Waals surface area contributed by atoms with Crippen LogP contribution in [0.4, 0.5) is 5.69 Å². The molecule has 4 aliphatic carbocycles. The average molecular weight is 475 g/mol. The molecule has 7 nitrogen and oxygen atoms in total. The number of nitrogens with zero attached hydrogens (tertiary/aromatic N) is 2. The van der Waals surface area contributed by atoms with Crippen molar-refractivity contribution in [1.29, 1.82) is 0 Å². The zero-order valence-electron chi connectivity index (χ0n) is 19.6. The van der Waals surface area contributed by atoms with E-state index in [2.05, 4.69) is 4.90 Å². The third-order valence-corrected chi connectivity index (χ3v) is 10.2. The Morgan fingerprint density at radius 1 is 1.03 bits per heavy atom. The van der Waals surface area contributed by atoms with Gasteiger partial charge in [0.05, 0.1) is 16.1 Å². The molecule has 6 rings (SSSR count). The van der Waals surface area contributed by atoms with E-state index in [1.807, 2.05) is 0 Å². The molecule has 1 aliphatic heterocycles. The normalized spacial score (nSPS) is 30.8. The predicted octanol–water partition coefficient (Wildman–Crippen LogP) is 3.48. The van der Waals surface area contributed by atoms with Gasteiger partial charge in [-0.05, 0) is 87.3 Å².